The molecule has 9 heteroatoms. The minimum Gasteiger partial charge on any atom is -0.448 e. The van der Waals surface area contributed by atoms with E-state index in [-0.39, 0.29) is 23.4 Å². The molecule has 0 saturated carbocycles. The van der Waals surface area contributed by atoms with Gasteiger partial charge in [0.15, 0.2) is 0 Å². The molecule has 3 heterocycles. The van der Waals surface area contributed by atoms with Gasteiger partial charge in [0.25, 0.3) is 15.9 Å². The Bertz CT molecular complexity index is 661. The van der Waals surface area contributed by atoms with E-state index in [4.69, 9.17) is 4.42 Å². The van der Waals surface area contributed by atoms with Crippen molar-refractivity contribution in [1.82, 2.24) is 14.9 Å². The Balaban J connectivity index is 0.00000176. The van der Waals surface area contributed by atoms with Crippen LogP contribution in [0.4, 0.5) is 0 Å². The molecule has 2 atom stereocenters. The number of hydrogen-bond donors (Lipinski definition) is 2. The molecule has 124 valence electrons. The van der Waals surface area contributed by atoms with Gasteiger partial charge in [0.05, 0.1) is 5.56 Å². The van der Waals surface area contributed by atoms with Gasteiger partial charge in [0.1, 0.15) is 5.76 Å². The van der Waals surface area contributed by atoms with Gasteiger partial charge in [0.2, 0.25) is 5.09 Å². The van der Waals surface area contributed by atoms with Crippen molar-refractivity contribution in [2.75, 3.05) is 33.2 Å². The highest BCUT2D eigenvalue weighted by molar-refractivity contribution is 7.89. The third kappa shape index (κ3) is 2.88. The van der Waals surface area contributed by atoms with Gasteiger partial charge in [-0.25, -0.2) is 13.1 Å². The van der Waals surface area contributed by atoms with Crippen LogP contribution in [0.3, 0.4) is 0 Å². The summed E-state index contributed by atoms with van der Waals surface area (Å²) < 4.78 is 30.9. The van der Waals surface area contributed by atoms with E-state index >= 15 is 0 Å². The number of hydrogen-bond acceptors (Lipinski definition) is 5. The summed E-state index contributed by atoms with van der Waals surface area (Å²) in [5.41, 5.74) is 0.330. The molecular formula is C13H20ClN3O4S. The summed E-state index contributed by atoms with van der Waals surface area (Å²) in [5.74, 6) is 1.19. The molecule has 1 aromatic rings. The van der Waals surface area contributed by atoms with Gasteiger partial charge < -0.3 is 14.6 Å². The Hall–Kier alpha value is -1.09. The first-order chi connectivity index (χ1) is 9.92. The van der Waals surface area contributed by atoms with E-state index < -0.39 is 10.0 Å². The lowest BCUT2D eigenvalue weighted by atomic mass is 10.0. The molecule has 1 aromatic heterocycles. The molecule has 0 bridgehead atoms. The third-order valence-corrected chi connectivity index (χ3v) is 5.60. The maximum Gasteiger partial charge on any atom is 0.273 e. The number of furan rings is 1. The smallest absolute Gasteiger partial charge is 0.273 e. The zero-order chi connectivity index (χ0) is 15.2. The molecule has 2 fully saturated rings. The van der Waals surface area contributed by atoms with E-state index in [1.165, 1.54) is 13.1 Å². The van der Waals surface area contributed by atoms with Crippen molar-refractivity contribution >= 4 is 28.3 Å². The van der Waals surface area contributed by atoms with Crippen molar-refractivity contribution in [1.29, 1.82) is 0 Å². The summed E-state index contributed by atoms with van der Waals surface area (Å²) in [5, 5.41) is 3.11. The molecule has 22 heavy (non-hydrogen) atoms. The molecule has 0 spiro atoms. The molecule has 2 N–H and O–H groups in total. The van der Waals surface area contributed by atoms with E-state index in [2.05, 4.69) is 10.0 Å². The fourth-order valence-electron chi connectivity index (χ4n) is 3.09. The zero-order valence-electron chi connectivity index (χ0n) is 12.5. The molecule has 1 amide bonds. The molecule has 3 rings (SSSR count). The van der Waals surface area contributed by atoms with Gasteiger partial charge in [-0.15, -0.1) is 12.4 Å². The molecule has 0 unspecified atom stereocenters. The SMILES string of the molecule is CNS(=O)(=O)c1cc(C(=O)N2C[C@H]3CNC[C@H]3C2)c(C)o1.Cl. The van der Waals surface area contributed by atoms with E-state index in [0.29, 0.717) is 23.2 Å². The minimum absolute atomic E-state index is 0. The molecule has 7 nitrogen and oxygen atoms in total. The van der Waals surface area contributed by atoms with Crippen LogP contribution < -0.4 is 10.0 Å². The molecule has 0 aliphatic carbocycles. The summed E-state index contributed by atoms with van der Waals surface area (Å²) >= 11 is 0. The zero-order valence-corrected chi connectivity index (χ0v) is 14.1. The van der Waals surface area contributed by atoms with Crippen LogP contribution in [-0.4, -0.2) is 52.5 Å². The number of sulfonamides is 1. The second-order valence-corrected chi connectivity index (χ2v) is 7.45. The van der Waals surface area contributed by atoms with Crippen LogP contribution in [0.25, 0.3) is 0 Å². The number of nitrogens with one attached hydrogen (secondary N) is 2. The van der Waals surface area contributed by atoms with E-state index in [0.717, 1.165) is 26.2 Å². The Morgan fingerprint density at radius 3 is 2.50 bits per heavy atom. The monoisotopic (exact) mass is 349 g/mol. The highest BCUT2D eigenvalue weighted by atomic mass is 35.5. The number of likely N-dealkylation sites (tertiary alicyclic amines) is 1. The lowest BCUT2D eigenvalue weighted by Gasteiger charge is -2.16. The van der Waals surface area contributed by atoms with E-state index in [1.807, 2.05) is 0 Å². The van der Waals surface area contributed by atoms with Crippen LogP contribution in [-0.2, 0) is 10.0 Å². The maximum absolute atomic E-state index is 12.6. The number of rotatable bonds is 3. The van der Waals surface area contributed by atoms with Gasteiger partial charge in [-0.3, -0.25) is 4.79 Å². The van der Waals surface area contributed by atoms with Gasteiger partial charge >= 0.3 is 0 Å². The molecule has 2 aliphatic rings. The highest BCUT2D eigenvalue weighted by Gasteiger charge is 2.39. The Labute approximate surface area is 135 Å². The van der Waals surface area contributed by atoms with Gasteiger partial charge in [-0.2, -0.15) is 0 Å². The second-order valence-electron chi connectivity index (χ2n) is 5.63. The van der Waals surface area contributed by atoms with Crippen molar-refractivity contribution in [3.05, 3.63) is 17.4 Å². The number of amides is 1. The summed E-state index contributed by atoms with van der Waals surface area (Å²) in [7, 11) is -2.36. The quantitative estimate of drug-likeness (QED) is 0.814. The number of carbonyl (C=O) groups is 1. The van der Waals surface area contributed by atoms with Crippen LogP contribution in [0.5, 0.6) is 0 Å². The Morgan fingerprint density at radius 2 is 1.95 bits per heavy atom. The number of fused-ring (bicyclic) bond motifs is 1. The van der Waals surface area contributed by atoms with E-state index in [1.54, 1.807) is 11.8 Å². The van der Waals surface area contributed by atoms with Crippen LogP contribution in [0.2, 0.25) is 0 Å². The largest absolute Gasteiger partial charge is 0.448 e. The standard InChI is InChI=1S/C13H19N3O4S.ClH/c1-8-11(3-12(20-8)21(18,19)14-2)13(17)16-6-9-4-15-5-10(9)7-16;/h3,9-10,14-15H,4-7H2,1-2H3;1H/t9-,10+;. The molecular weight excluding hydrogens is 330 g/mol. The lowest BCUT2D eigenvalue weighted by molar-refractivity contribution is 0.0780. The fraction of sp³-hybridized carbons (Fsp3) is 0.615. The van der Waals surface area contributed by atoms with Crippen molar-refractivity contribution in [2.45, 2.75) is 12.0 Å². The van der Waals surface area contributed by atoms with Gasteiger partial charge in [-0.05, 0) is 25.8 Å². The number of carbonyl (C=O) groups excluding carboxylic acids is 1. The highest BCUT2D eigenvalue weighted by Crippen LogP contribution is 2.29. The van der Waals surface area contributed by atoms with Crippen molar-refractivity contribution < 1.29 is 17.6 Å². The fourth-order valence-corrected chi connectivity index (χ4v) is 3.80. The number of nitrogens with zero attached hydrogens (tertiary/aromatic N) is 1. The van der Waals surface area contributed by atoms with Crippen molar-refractivity contribution in [3.63, 3.8) is 0 Å². The van der Waals surface area contributed by atoms with Crippen molar-refractivity contribution in [2.24, 2.45) is 11.8 Å². The van der Waals surface area contributed by atoms with Gasteiger partial charge in [0, 0.05) is 32.2 Å². The molecule has 0 radical (unpaired) electrons. The minimum atomic E-state index is -3.67. The van der Waals surface area contributed by atoms with Crippen LogP contribution in [0.1, 0.15) is 16.1 Å². The van der Waals surface area contributed by atoms with E-state index in [9.17, 15) is 13.2 Å². The van der Waals surface area contributed by atoms with Gasteiger partial charge in [-0.1, -0.05) is 0 Å². The number of aryl methyl sites for hydroxylation is 1. The predicted octanol–water partition coefficient (Wildman–Crippen LogP) is 0.209. The predicted molar refractivity (Wildman–Crippen MR) is 82.7 cm³/mol. The summed E-state index contributed by atoms with van der Waals surface area (Å²) in [4.78, 5) is 14.4. The first-order valence-corrected chi connectivity index (χ1v) is 8.44. The molecule has 2 saturated heterocycles. The molecule has 2 aliphatic heterocycles. The normalized spacial score (nSPS) is 24.2. The first kappa shape index (κ1) is 17.3. The average Bonchev–Trinajstić information content (AvgIpc) is 3.11. The summed E-state index contributed by atoms with van der Waals surface area (Å²) in [6.45, 7) is 4.93. The van der Waals surface area contributed by atoms with Crippen LogP contribution in [0.15, 0.2) is 15.6 Å². The van der Waals surface area contributed by atoms with Crippen LogP contribution >= 0.6 is 12.4 Å². The van der Waals surface area contributed by atoms with Crippen molar-refractivity contribution in [3.8, 4) is 0 Å². The summed E-state index contributed by atoms with van der Waals surface area (Å²) in [6.07, 6.45) is 0. The Kier molecular flexibility index (Phi) is 4.86. The van der Waals surface area contributed by atoms with Crippen LogP contribution in [0, 0.1) is 18.8 Å². The third-order valence-electron chi connectivity index (χ3n) is 4.34. The Morgan fingerprint density at radius 1 is 1.36 bits per heavy atom. The number of halogens is 1. The first-order valence-electron chi connectivity index (χ1n) is 6.96. The maximum atomic E-state index is 12.6. The second kappa shape index (κ2) is 6.19. The topological polar surface area (TPSA) is 91.7 Å². The lowest BCUT2D eigenvalue weighted by Crippen LogP contribution is -2.32. The average molecular weight is 350 g/mol. The summed E-state index contributed by atoms with van der Waals surface area (Å²) in [6, 6.07) is 1.32. The molecule has 0 aromatic carbocycles.